The molecule has 3 aliphatic carbocycles. The number of primary sulfonamides is 1. The second-order valence-corrected chi connectivity index (χ2v) is 6.11. The van der Waals surface area contributed by atoms with Crippen LogP contribution >= 0.6 is 0 Å². The summed E-state index contributed by atoms with van der Waals surface area (Å²) in [5, 5.41) is 4.86. The predicted molar refractivity (Wildman–Crippen MR) is 42.7 cm³/mol. The second kappa shape index (κ2) is 2.23. The van der Waals surface area contributed by atoms with E-state index >= 15 is 0 Å². The Kier molecular flexibility index (Phi) is 1.60. The van der Waals surface area contributed by atoms with Crippen molar-refractivity contribution >= 4 is 10.0 Å². The molecular weight excluding hydrogens is 200 g/mol. The van der Waals surface area contributed by atoms with Gasteiger partial charge in [-0.1, -0.05) is 0 Å². The van der Waals surface area contributed by atoms with Crippen LogP contribution in [0.1, 0.15) is 19.3 Å². The molecule has 0 heterocycles. The van der Waals surface area contributed by atoms with Crippen molar-refractivity contribution in [2.45, 2.75) is 25.7 Å². The lowest BCUT2D eigenvalue weighted by Gasteiger charge is -2.69. The van der Waals surface area contributed by atoms with Crippen molar-refractivity contribution in [1.29, 1.82) is 0 Å². The minimum atomic E-state index is -3.50. The lowest BCUT2D eigenvalue weighted by molar-refractivity contribution is -0.255. The molecule has 6 heteroatoms. The molecule has 0 aromatic carbocycles. The number of alkyl halides is 2. The van der Waals surface area contributed by atoms with Crippen molar-refractivity contribution < 1.29 is 17.2 Å². The average molecular weight is 211 g/mol. The molecule has 3 aliphatic rings. The number of nitrogens with two attached hydrogens (primary N) is 1. The van der Waals surface area contributed by atoms with Gasteiger partial charge in [0.25, 0.3) is 0 Å². The van der Waals surface area contributed by atoms with Crippen LogP contribution in [0, 0.1) is 10.8 Å². The van der Waals surface area contributed by atoms with Crippen LogP contribution < -0.4 is 5.14 Å². The van der Waals surface area contributed by atoms with Gasteiger partial charge in [-0.2, -0.15) is 0 Å². The van der Waals surface area contributed by atoms with E-state index in [1.54, 1.807) is 0 Å². The third-order valence-corrected chi connectivity index (χ3v) is 4.17. The van der Waals surface area contributed by atoms with Gasteiger partial charge in [0.15, 0.2) is 0 Å². The highest BCUT2D eigenvalue weighted by molar-refractivity contribution is 7.89. The van der Waals surface area contributed by atoms with E-state index < -0.39 is 27.3 Å². The van der Waals surface area contributed by atoms with Gasteiger partial charge < -0.3 is 0 Å². The maximum atomic E-state index is 12.3. The Hall–Kier alpha value is -0.230. The summed E-state index contributed by atoms with van der Waals surface area (Å²) in [6.07, 6.45) is -1.33. The topological polar surface area (TPSA) is 60.2 Å². The van der Waals surface area contributed by atoms with E-state index in [1.807, 2.05) is 0 Å². The van der Waals surface area contributed by atoms with Crippen LogP contribution in [0.3, 0.4) is 0 Å². The normalized spacial score (nSPS) is 42.8. The highest BCUT2D eigenvalue weighted by atomic mass is 32.2. The molecule has 13 heavy (non-hydrogen) atoms. The first kappa shape index (κ1) is 9.33. The number of sulfonamides is 1. The van der Waals surface area contributed by atoms with Gasteiger partial charge in [-0.05, 0) is 24.7 Å². The smallest absolute Gasteiger partial charge is 0.229 e. The van der Waals surface area contributed by atoms with Crippen LogP contribution in [0.15, 0.2) is 0 Å². The SMILES string of the molecule is NS(=O)(=O)CC12CC(C(F)F)(C1)C2. The molecule has 0 aliphatic heterocycles. The molecule has 0 atom stereocenters. The van der Waals surface area contributed by atoms with Crippen LogP contribution in [-0.2, 0) is 10.0 Å². The fourth-order valence-electron chi connectivity index (χ4n) is 2.90. The van der Waals surface area contributed by atoms with Gasteiger partial charge in [-0.25, -0.2) is 22.3 Å². The zero-order chi connectivity index (χ0) is 9.91. The predicted octanol–water partition coefficient (Wildman–Crippen LogP) is 0.710. The van der Waals surface area contributed by atoms with Gasteiger partial charge in [-0.3, -0.25) is 0 Å². The van der Waals surface area contributed by atoms with Gasteiger partial charge in [0.2, 0.25) is 16.4 Å². The summed E-state index contributed by atoms with van der Waals surface area (Å²) >= 11 is 0. The molecule has 76 valence electrons. The Morgan fingerprint density at radius 2 is 1.77 bits per heavy atom. The fourth-order valence-corrected chi connectivity index (χ4v) is 4.06. The molecule has 0 unspecified atom stereocenters. The first-order chi connectivity index (χ1) is 5.77. The molecule has 3 saturated carbocycles. The molecule has 0 amide bonds. The minimum absolute atomic E-state index is 0.130. The zero-order valence-corrected chi connectivity index (χ0v) is 7.78. The molecular formula is C7H11F2NO2S. The Balaban J connectivity index is 1.98. The van der Waals surface area contributed by atoms with Gasteiger partial charge in [-0.15, -0.1) is 0 Å². The molecule has 2 bridgehead atoms. The van der Waals surface area contributed by atoms with Crippen LogP contribution in [0.25, 0.3) is 0 Å². The summed E-state index contributed by atoms with van der Waals surface area (Å²) in [6, 6.07) is 0. The third kappa shape index (κ3) is 1.27. The van der Waals surface area contributed by atoms with E-state index in [1.165, 1.54) is 0 Å². The quantitative estimate of drug-likeness (QED) is 0.747. The van der Waals surface area contributed by atoms with Crippen molar-refractivity contribution in [2.75, 3.05) is 5.75 Å². The monoisotopic (exact) mass is 211 g/mol. The van der Waals surface area contributed by atoms with Crippen molar-refractivity contribution in [1.82, 2.24) is 0 Å². The van der Waals surface area contributed by atoms with Crippen molar-refractivity contribution in [2.24, 2.45) is 16.0 Å². The minimum Gasteiger partial charge on any atom is -0.229 e. The van der Waals surface area contributed by atoms with Crippen molar-refractivity contribution in [3.63, 3.8) is 0 Å². The van der Waals surface area contributed by atoms with Crippen molar-refractivity contribution in [3.05, 3.63) is 0 Å². The summed E-state index contributed by atoms with van der Waals surface area (Å²) in [6.45, 7) is 0. The molecule has 3 nitrogen and oxygen atoms in total. The molecule has 0 saturated heterocycles. The highest BCUT2D eigenvalue weighted by Crippen LogP contribution is 2.75. The summed E-state index contributed by atoms with van der Waals surface area (Å²) < 4.78 is 46.1. The molecule has 3 rings (SSSR count). The first-order valence-corrected chi connectivity index (χ1v) is 5.77. The fraction of sp³-hybridized carbons (Fsp3) is 1.00. The molecule has 3 fully saturated rings. The van der Waals surface area contributed by atoms with Crippen LogP contribution in [0.5, 0.6) is 0 Å². The highest BCUT2D eigenvalue weighted by Gasteiger charge is 2.72. The maximum absolute atomic E-state index is 12.3. The number of hydrogen-bond acceptors (Lipinski definition) is 2. The van der Waals surface area contributed by atoms with E-state index in [9.17, 15) is 17.2 Å². The Morgan fingerprint density at radius 3 is 2.08 bits per heavy atom. The molecule has 0 aromatic rings. The largest absolute Gasteiger partial charge is 0.244 e. The lowest BCUT2D eigenvalue weighted by Crippen LogP contribution is -2.67. The van der Waals surface area contributed by atoms with E-state index in [0.717, 1.165) is 0 Å². The molecule has 0 radical (unpaired) electrons. The summed E-state index contributed by atoms with van der Waals surface area (Å²) in [5.41, 5.74) is -1.26. The summed E-state index contributed by atoms with van der Waals surface area (Å²) in [4.78, 5) is 0. The Morgan fingerprint density at radius 1 is 1.31 bits per heavy atom. The average Bonchev–Trinajstić information content (AvgIpc) is 1.71. The third-order valence-electron chi connectivity index (χ3n) is 3.15. The van der Waals surface area contributed by atoms with E-state index in [4.69, 9.17) is 5.14 Å². The molecule has 0 aromatic heterocycles. The standard InChI is InChI=1S/C7H11F2NO2S/c8-5(9)7-1-6(2-7,3-7)4-13(10,11)12/h5H,1-4H2,(H2,10,11,12). The zero-order valence-electron chi connectivity index (χ0n) is 6.96. The Labute approximate surface area is 75.3 Å². The summed E-state index contributed by atoms with van der Waals surface area (Å²) in [5.74, 6) is -0.130. The van der Waals surface area contributed by atoms with E-state index in [2.05, 4.69) is 0 Å². The summed E-state index contributed by atoms with van der Waals surface area (Å²) in [7, 11) is -3.50. The van der Waals surface area contributed by atoms with E-state index in [0.29, 0.717) is 19.3 Å². The Bertz CT molecular complexity index is 319. The van der Waals surface area contributed by atoms with Crippen LogP contribution in [0.4, 0.5) is 8.78 Å². The molecule has 2 N–H and O–H groups in total. The van der Waals surface area contributed by atoms with Gasteiger partial charge in [0.05, 0.1) is 5.75 Å². The number of hydrogen-bond donors (Lipinski definition) is 1. The maximum Gasteiger partial charge on any atom is 0.244 e. The number of halogens is 2. The second-order valence-electron chi connectivity index (χ2n) is 4.50. The van der Waals surface area contributed by atoms with Gasteiger partial charge in [0.1, 0.15) is 0 Å². The van der Waals surface area contributed by atoms with Gasteiger partial charge in [0, 0.05) is 5.41 Å². The molecule has 0 spiro atoms. The van der Waals surface area contributed by atoms with Crippen molar-refractivity contribution in [3.8, 4) is 0 Å². The first-order valence-electron chi connectivity index (χ1n) is 4.06. The van der Waals surface area contributed by atoms with Gasteiger partial charge >= 0.3 is 0 Å². The lowest BCUT2D eigenvalue weighted by atomic mass is 9.36. The van der Waals surface area contributed by atoms with E-state index in [-0.39, 0.29) is 5.75 Å². The van der Waals surface area contributed by atoms with Crippen LogP contribution in [0.2, 0.25) is 0 Å². The number of rotatable bonds is 3. The van der Waals surface area contributed by atoms with Crippen LogP contribution in [-0.4, -0.2) is 20.6 Å².